The molecule has 0 aliphatic carbocycles. The Morgan fingerprint density at radius 1 is 1.21 bits per heavy atom. The van der Waals surface area contributed by atoms with Crippen molar-refractivity contribution in [2.45, 2.75) is 19.0 Å². The number of carbonyl (C=O) groups excluding carboxylic acids is 1. The van der Waals surface area contributed by atoms with Crippen LogP contribution in [0, 0.1) is 5.82 Å². The zero-order valence-corrected chi connectivity index (χ0v) is 15.5. The number of carbonyl (C=O) groups is 1. The van der Waals surface area contributed by atoms with Crippen LogP contribution in [0.1, 0.15) is 12.0 Å². The van der Waals surface area contributed by atoms with Crippen molar-refractivity contribution in [2.24, 2.45) is 5.73 Å². The fraction of sp³-hybridized carbons (Fsp3) is 0.562. The minimum Gasteiger partial charge on any atom is -0.383 e. The summed E-state index contributed by atoms with van der Waals surface area (Å²) < 4.78 is 17.9. The molecule has 2 N–H and O–H groups in total. The number of hydrogen-bond acceptors (Lipinski definition) is 4. The number of nitrogens with zero attached hydrogens (tertiary/aromatic N) is 2. The first-order valence-corrected chi connectivity index (χ1v) is 7.60. The molecule has 1 heterocycles. The minimum atomic E-state index is -0.589. The Hall–Kier alpha value is -0.920. The summed E-state index contributed by atoms with van der Waals surface area (Å²) in [6.45, 7) is 4.11. The molecule has 138 valence electrons. The van der Waals surface area contributed by atoms with E-state index in [4.69, 9.17) is 10.5 Å². The number of nitrogens with two attached hydrogens (primary N) is 1. The van der Waals surface area contributed by atoms with Crippen LogP contribution in [0.2, 0.25) is 0 Å². The first kappa shape index (κ1) is 23.1. The number of benzene rings is 1. The van der Waals surface area contributed by atoms with Gasteiger partial charge in [-0.1, -0.05) is 12.1 Å². The second kappa shape index (κ2) is 11.6. The van der Waals surface area contributed by atoms with Crippen LogP contribution >= 0.6 is 24.8 Å². The molecule has 0 radical (unpaired) electrons. The Labute approximate surface area is 155 Å². The molecule has 1 atom stereocenters. The molecule has 0 aromatic heterocycles. The molecular formula is C16H26Cl2FN3O2. The molecule has 1 unspecified atom stereocenters. The largest absolute Gasteiger partial charge is 0.383 e. The standard InChI is InChI=1S/C16H24FN3O2.2ClH/c1-22-12-15(18)16(21)20-8-2-7-19(9-10-20)11-13-3-5-14(17)6-4-13;;/h3-6,15H,2,7-12,18H2,1H3;2*1H. The van der Waals surface area contributed by atoms with Crippen LogP contribution in [0.15, 0.2) is 24.3 Å². The highest BCUT2D eigenvalue weighted by molar-refractivity contribution is 5.85. The number of rotatable bonds is 5. The molecule has 0 bridgehead atoms. The molecule has 1 fully saturated rings. The Bertz CT molecular complexity index is 491. The van der Waals surface area contributed by atoms with Gasteiger partial charge in [-0.2, -0.15) is 0 Å². The van der Waals surface area contributed by atoms with Crippen molar-refractivity contribution in [2.75, 3.05) is 39.9 Å². The Morgan fingerprint density at radius 3 is 2.50 bits per heavy atom. The normalized spacial score (nSPS) is 16.5. The second-order valence-electron chi connectivity index (χ2n) is 5.64. The summed E-state index contributed by atoms with van der Waals surface area (Å²) in [6.07, 6.45) is 0.909. The Morgan fingerprint density at radius 2 is 1.88 bits per heavy atom. The molecule has 2 rings (SSSR count). The van der Waals surface area contributed by atoms with E-state index in [1.807, 2.05) is 4.90 Å². The van der Waals surface area contributed by atoms with Gasteiger partial charge in [-0.15, -0.1) is 24.8 Å². The van der Waals surface area contributed by atoms with E-state index in [1.165, 1.54) is 12.1 Å². The molecule has 0 spiro atoms. The van der Waals surface area contributed by atoms with Gasteiger partial charge in [0.2, 0.25) is 5.91 Å². The topological polar surface area (TPSA) is 58.8 Å². The van der Waals surface area contributed by atoms with Crippen LogP contribution in [0.4, 0.5) is 4.39 Å². The van der Waals surface area contributed by atoms with Crippen LogP contribution in [0.5, 0.6) is 0 Å². The van der Waals surface area contributed by atoms with Crippen LogP contribution < -0.4 is 5.73 Å². The third kappa shape index (κ3) is 6.91. The van der Waals surface area contributed by atoms with E-state index in [0.29, 0.717) is 6.54 Å². The summed E-state index contributed by atoms with van der Waals surface area (Å²) in [5.41, 5.74) is 6.90. The molecule has 0 saturated carbocycles. The summed E-state index contributed by atoms with van der Waals surface area (Å²) >= 11 is 0. The average Bonchev–Trinajstić information content (AvgIpc) is 2.75. The lowest BCUT2D eigenvalue weighted by Gasteiger charge is -2.24. The maximum atomic E-state index is 12.9. The van der Waals surface area contributed by atoms with E-state index in [9.17, 15) is 9.18 Å². The van der Waals surface area contributed by atoms with Gasteiger partial charge in [-0.3, -0.25) is 9.69 Å². The molecule has 8 heteroatoms. The lowest BCUT2D eigenvalue weighted by atomic mass is 10.2. The summed E-state index contributed by atoms with van der Waals surface area (Å²) in [7, 11) is 1.54. The number of ether oxygens (including phenoxy) is 1. The van der Waals surface area contributed by atoms with E-state index in [-0.39, 0.29) is 43.1 Å². The summed E-state index contributed by atoms with van der Waals surface area (Å²) in [4.78, 5) is 16.3. The minimum absolute atomic E-state index is 0. The van der Waals surface area contributed by atoms with Crippen LogP contribution in [-0.2, 0) is 16.1 Å². The third-order valence-corrected chi connectivity index (χ3v) is 3.88. The highest BCUT2D eigenvalue weighted by atomic mass is 35.5. The fourth-order valence-electron chi connectivity index (χ4n) is 2.68. The Kier molecular flexibility index (Phi) is 11.2. The van der Waals surface area contributed by atoms with Crippen LogP contribution in [0.3, 0.4) is 0 Å². The number of methoxy groups -OCH3 is 1. The predicted molar refractivity (Wildman–Crippen MR) is 97.2 cm³/mol. The van der Waals surface area contributed by atoms with Gasteiger partial charge in [-0.05, 0) is 24.1 Å². The second-order valence-corrected chi connectivity index (χ2v) is 5.64. The van der Waals surface area contributed by atoms with E-state index < -0.39 is 6.04 Å². The summed E-state index contributed by atoms with van der Waals surface area (Å²) in [5, 5.41) is 0. The third-order valence-electron chi connectivity index (χ3n) is 3.88. The first-order valence-electron chi connectivity index (χ1n) is 7.60. The van der Waals surface area contributed by atoms with E-state index in [1.54, 1.807) is 19.2 Å². The number of halogens is 3. The quantitative estimate of drug-likeness (QED) is 0.842. The number of amides is 1. The van der Waals surface area contributed by atoms with Crippen molar-refractivity contribution in [1.82, 2.24) is 9.80 Å². The molecule has 1 aromatic carbocycles. The molecule has 1 amide bonds. The molecular weight excluding hydrogens is 356 g/mol. The van der Waals surface area contributed by atoms with Gasteiger partial charge in [-0.25, -0.2) is 4.39 Å². The maximum absolute atomic E-state index is 12.9. The van der Waals surface area contributed by atoms with Crippen molar-refractivity contribution < 1.29 is 13.9 Å². The van der Waals surface area contributed by atoms with Crippen LogP contribution in [-0.4, -0.2) is 61.6 Å². The molecule has 5 nitrogen and oxygen atoms in total. The van der Waals surface area contributed by atoms with Crippen molar-refractivity contribution >= 4 is 30.7 Å². The van der Waals surface area contributed by atoms with Gasteiger partial charge in [0.1, 0.15) is 11.9 Å². The van der Waals surface area contributed by atoms with E-state index >= 15 is 0 Å². The van der Waals surface area contributed by atoms with E-state index in [2.05, 4.69) is 4.90 Å². The summed E-state index contributed by atoms with van der Waals surface area (Å²) in [6, 6.07) is 5.98. The highest BCUT2D eigenvalue weighted by Crippen LogP contribution is 2.10. The lowest BCUT2D eigenvalue weighted by molar-refractivity contribution is -0.133. The van der Waals surface area contributed by atoms with Crippen molar-refractivity contribution in [3.8, 4) is 0 Å². The Balaban J connectivity index is 0.00000264. The van der Waals surface area contributed by atoms with Crippen molar-refractivity contribution in [3.05, 3.63) is 35.6 Å². The average molecular weight is 382 g/mol. The predicted octanol–water partition coefficient (Wildman–Crippen LogP) is 1.68. The number of hydrogen-bond donors (Lipinski definition) is 1. The smallest absolute Gasteiger partial charge is 0.241 e. The van der Waals surface area contributed by atoms with Gasteiger partial charge in [0.05, 0.1) is 6.61 Å². The van der Waals surface area contributed by atoms with Gasteiger partial charge in [0.25, 0.3) is 0 Å². The molecule has 1 aliphatic rings. The zero-order chi connectivity index (χ0) is 15.9. The van der Waals surface area contributed by atoms with Crippen LogP contribution in [0.25, 0.3) is 0 Å². The van der Waals surface area contributed by atoms with Gasteiger partial charge >= 0.3 is 0 Å². The molecule has 1 aliphatic heterocycles. The van der Waals surface area contributed by atoms with Gasteiger partial charge < -0.3 is 15.4 Å². The lowest BCUT2D eigenvalue weighted by Crippen LogP contribution is -2.47. The first-order chi connectivity index (χ1) is 10.6. The van der Waals surface area contributed by atoms with E-state index in [0.717, 1.165) is 38.2 Å². The molecule has 24 heavy (non-hydrogen) atoms. The summed E-state index contributed by atoms with van der Waals surface area (Å²) in [5.74, 6) is -0.269. The zero-order valence-electron chi connectivity index (χ0n) is 13.8. The SMILES string of the molecule is COCC(N)C(=O)N1CCCN(Cc2ccc(F)cc2)CC1.Cl.Cl. The fourth-order valence-corrected chi connectivity index (χ4v) is 2.68. The highest BCUT2D eigenvalue weighted by Gasteiger charge is 2.23. The molecule has 1 aromatic rings. The monoisotopic (exact) mass is 381 g/mol. The van der Waals surface area contributed by atoms with Crippen molar-refractivity contribution in [1.29, 1.82) is 0 Å². The van der Waals surface area contributed by atoms with Gasteiger partial charge in [0.15, 0.2) is 0 Å². The molecule has 1 saturated heterocycles. The van der Waals surface area contributed by atoms with Crippen molar-refractivity contribution in [3.63, 3.8) is 0 Å². The van der Waals surface area contributed by atoms with Gasteiger partial charge in [0, 0.05) is 39.8 Å². The maximum Gasteiger partial charge on any atom is 0.241 e.